The van der Waals surface area contributed by atoms with Crippen molar-refractivity contribution in [2.45, 2.75) is 4.90 Å². The number of fused-ring (bicyclic) bond motifs is 1. The lowest BCUT2D eigenvalue weighted by atomic mass is 10.1. The first-order valence-electron chi connectivity index (χ1n) is 15.7. The minimum atomic E-state index is -3.94. The monoisotopic (exact) mass is 682 g/mol. The van der Waals surface area contributed by atoms with Gasteiger partial charge in [0.05, 0.1) is 27.9 Å². The molecule has 250 valence electrons. The van der Waals surface area contributed by atoms with Gasteiger partial charge in [0.25, 0.3) is 15.9 Å². The van der Waals surface area contributed by atoms with E-state index in [1.807, 2.05) is 26.2 Å². The predicted octanol–water partition coefficient (Wildman–Crippen LogP) is 6.73. The van der Waals surface area contributed by atoms with Crippen LogP contribution >= 0.6 is 0 Å². The SMILES string of the molecule is CN(C)C/C=C/CNc1ccc(C(=O)Nc2cccc(Nc3ncc(C#N)c(-c4cn(S(=O)(=O)c5ccccc5)c5ccccc45)n3)c2)cc1. The number of rotatable bonds is 12. The molecule has 0 radical (unpaired) electrons. The van der Waals surface area contributed by atoms with Gasteiger partial charge < -0.3 is 20.9 Å². The number of carbonyl (C=O) groups is 1. The van der Waals surface area contributed by atoms with E-state index in [0.717, 1.165) is 12.2 Å². The van der Waals surface area contributed by atoms with Crippen LogP contribution in [0.2, 0.25) is 0 Å². The van der Waals surface area contributed by atoms with Gasteiger partial charge in [-0.05, 0) is 74.8 Å². The van der Waals surface area contributed by atoms with E-state index < -0.39 is 10.0 Å². The highest BCUT2D eigenvalue weighted by Gasteiger charge is 2.23. The van der Waals surface area contributed by atoms with Crippen molar-refractivity contribution < 1.29 is 13.2 Å². The fourth-order valence-corrected chi connectivity index (χ4v) is 6.66. The quantitative estimate of drug-likeness (QED) is 0.120. The van der Waals surface area contributed by atoms with Crippen LogP contribution in [0.1, 0.15) is 15.9 Å². The van der Waals surface area contributed by atoms with Gasteiger partial charge in [0.2, 0.25) is 5.95 Å². The third-order valence-electron chi connectivity index (χ3n) is 7.73. The van der Waals surface area contributed by atoms with Crippen LogP contribution < -0.4 is 16.0 Å². The van der Waals surface area contributed by atoms with E-state index in [4.69, 9.17) is 0 Å². The number of likely N-dealkylation sites (N-methyl/N-ethyl adjacent to an activating group) is 1. The number of nitriles is 1. The summed E-state index contributed by atoms with van der Waals surface area (Å²) in [5.74, 6) is -0.0804. The third kappa shape index (κ3) is 7.55. The highest BCUT2D eigenvalue weighted by atomic mass is 32.2. The highest BCUT2D eigenvalue weighted by molar-refractivity contribution is 7.90. The Morgan fingerprint density at radius 3 is 2.40 bits per heavy atom. The van der Waals surface area contributed by atoms with Crippen molar-refractivity contribution in [3.05, 3.63) is 139 Å². The molecule has 1 amide bonds. The summed E-state index contributed by atoms with van der Waals surface area (Å²) < 4.78 is 28.5. The minimum absolute atomic E-state index is 0.137. The fourth-order valence-electron chi connectivity index (χ4n) is 5.26. The van der Waals surface area contributed by atoms with Gasteiger partial charge in [0, 0.05) is 52.9 Å². The van der Waals surface area contributed by atoms with Gasteiger partial charge in [0.1, 0.15) is 6.07 Å². The third-order valence-corrected chi connectivity index (χ3v) is 9.42. The van der Waals surface area contributed by atoms with E-state index in [-0.39, 0.29) is 28.0 Å². The molecule has 0 aliphatic rings. The van der Waals surface area contributed by atoms with Gasteiger partial charge in [-0.15, -0.1) is 0 Å². The largest absolute Gasteiger partial charge is 0.382 e. The predicted molar refractivity (Wildman–Crippen MR) is 197 cm³/mol. The molecule has 0 spiro atoms. The van der Waals surface area contributed by atoms with Gasteiger partial charge in [-0.1, -0.05) is 54.6 Å². The zero-order valence-electron chi connectivity index (χ0n) is 27.4. The maximum absolute atomic E-state index is 13.7. The number of hydrogen-bond acceptors (Lipinski definition) is 9. The Bertz CT molecular complexity index is 2330. The molecule has 2 aromatic heterocycles. The second-order valence-corrected chi connectivity index (χ2v) is 13.4. The van der Waals surface area contributed by atoms with Crippen LogP contribution in [0, 0.1) is 11.3 Å². The number of aromatic nitrogens is 3. The van der Waals surface area contributed by atoms with Crippen LogP contribution in [0.5, 0.6) is 0 Å². The van der Waals surface area contributed by atoms with Crippen molar-refractivity contribution in [1.29, 1.82) is 5.26 Å². The smallest absolute Gasteiger partial charge is 0.268 e. The Kier molecular flexibility index (Phi) is 9.99. The first-order chi connectivity index (χ1) is 24.2. The van der Waals surface area contributed by atoms with E-state index in [1.54, 1.807) is 78.9 Å². The van der Waals surface area contributed by atoms with Crippen molar-refractivity contribution in [2.24, 2.45) is 0 Å². The fraction of sp³-hybridized carbons (Fsp3) is 0.105. The number of anilines is 4. The Balaban J connectivity index is 1.21. The Morgan fingerprint density at radius 1 is 0.900 bits per heavy atom. The average molecular weight is 683 g/mol. The lowest BCUT2D eigenvalue weighted by Gasteiger charge is -2.11. The summed E-state index contributed by atoms with van der Waals surface area (Å²) in [4.78, 5) is 24.2. The Hall–Kier alpha value is -6.29. The van der Waals surface area contributed by atoms with Crippen molar-refractivity contribution in [2.75, 3.05) is 43.1 Å². The van der Waals surface area contributed by atoms with Gasteiger partial charge in [-0.3, -0.25) is 4.79 Å². The molecular formula is C38H34N8O3S. The molecule has 0 aliphatic heterocycles. The molecule has 12 heteroatoms. The highest BCUT2D eigenvalue weighted by Crippen LogP contribution is 2.34. The second-order valence-electron chi connectivity index (χ2n) is 11.6. The molecule has 50 heavy (non-hydrogen) atoms. The molecule has 0 unspecified atom stereocenters. The minimum Gasteiger partial charge on any atom is -0.382 e. The molecule has 3 N–H and O–H groups in total. The molecule has 0 bridgehead atoms. The number of benzene rings is 4. The lowest BCUT2D eigenvalue weighted by Crippen LogP contribution is -2.12. The van der Waals surface area contributed by atoms with E-state index in [9.17, 15) is 18.5 Å². The lowest BCUT2D eigenvalue weighted by molar-refractivity contribution is 0.102. The van der Waals surface area contributed by atoms with Gasteiger partial charge in [0.15, 0.2) is 0 Å². The van der Waals surface area contributed by atoms with E-state index >= 15 is 0 Å². The molecule has 0 aliphatic carbocycles. The van der Waals surface area contributed by atoms with Crippen LogP contribution in [0.4, 0.5) is 23.0 Å². The maximum atomic E-state index is 13.7. The first kappa shape index (κ1) is 33.6. The average Bonchev–Trinajstić information content (AvgIpc) is 3.53. The van der Waals surface area contributed by atoms with Gasteiger partial charge in [-0.2, -0.15) is 5.26 Å². The summed E-state index contributed by atoms with van der Waals surface area (Å²) in [6.07, 6.45) is 7.03. The van der Waals surface area contributed by atoms with Crippen molar-refractivity contribution in [1.82, 2.24) is 18.8 Å². The van der Waals surface area contributed by atoms with E-state index in [1.165, 1.54) is 28.5 Å². The maximum Gasteiger partial charge on any atom is 0.268 e. The summed E-state index contributed by atoms with van der Waals surface area (Å²) >= 11 is 0. The topological polar surface area (TPSA) is 145 Å². The number of para-hydroxylation sites is 1. The molecule has 0 atom stereocenters. The van der Waals surface area contributed by atoms with Crippen molar-refractivity contribution in [3.8, 4) is 17.3 Å². The summed E-state index contributed by atoms with van der Waals surface area (Å²) in [5, 5.41) is 19.9. The first-order valence-corrected chi connectivity index (χ1v) is 17.2. The molecule has 6 aromatic rings. The van der Waals surface area contributed by atoms with Crippen LogP contribution in [0.15, 0.2) is 133 Å². The number of hydrogen-bond donors (Lipinski definition) is 3. The molecule has 0 fully saturated rings. The normalized spacial score (nSPS) is 11.5. The molecule has 2 heterocycles. The zero-order valence-corrected chi connectivity index (χ0v) is 28.2. The van der Waals surface area contributed by atoms with Crippen molar-refractivity contribution in [3.63, 3.8) is 0 Å². The molecule has 0 saturated carbocycles. The van der Waals surface area contributed by atoms with Crippen LogP contribution in [-0.4, -0.2) is 60.4 Å². The van der Waals surface area contributed by atoms with E-state index in [0.29, 0.717) is 39.9 Å². The van der Waals surface area contributed by atoms with Gasteiger partial charge >= 0.3 is 0 Å². The van der Waals surface area contributed by atoms with Crippen LogP contribution in [0.3, 0.4) is 0 Å². The molecule has 0 saturated heterocycles. The second kappa shape index (κ2) is 14.9. The standard InChI is InChI=1S/C38H34N8O3S/c1-45(2)22-9-8-21-40-29-19-17-27(18-20-29)37(47)42-30-11-10-12-31(23-30)43-38-41-25-28(24-39)36(44-38)34-26-46(35-16-7-6-15-33(34)35)50(48,49)32-13-4-3-5-14-32/h3-20,23,25-26,40H,21-22H2,1-2H3,(H,42,47)(H,41,43,44)/b9-8+. The summed E-state index contributed by atoms with van der Waals surface area (Å²) in [5.41, 5.74) is 3.92. The molecular weight excluding hydrogens is 649 g/mol. The summed E-state index contributed by atoms with van der Waals surface area (Å²) in [7, 11) is 0.0873. The van der Waals surface area contributed by atoms with Crippen LogP contribution in [-0.2, 0) is 10.0 Å². The molecule has 6 rings (SSSR count). The Morgan fingerprint density at radius 2 is 1.64 bits per heavy atom. The van der Waals surface area contributed by atoms with Crippen LogP contribution in [0.25, 0.3) is 22.2 Å². The number of amides is 1. The van der Waals surface area contributed by atoms with Gasteiger partial charge in [-0.25, -0.2) is 22.4 Å². The Labute approximate surface area is 290 Å². The molecule has 11 nitrogen and oxygen atoms in total. The zero-order chi connectivity index (χ0) is 35.1. The van der Waals surface area contributed by atoms with Crippen molar-refractivity contribution >= 4 is 49.8 Å². The summed E-state index contributed by atoms with van der Waals surface area (Å²) in [6, 6.07) is 31.7. The number of nitrogens with one attached hydrogen (secondary N) is 3. The number of carbonyl (C=O) groups excluding carboxylic acids is 1. The van der Waals surface area contributed by atoms with E-state index in [2.05, 4.69) is 49.0 Å². The summed E-state index contributed by atoms with van der Waals surface area (Å²) in [6.45, 7) is 1.55. The molecule has 4 aromatic carbocycles. The number of nitrogens with zero attached hydrogens (tertiary/aromatic N) is 5.